The van der Waals surface area contributed by atoms with Crippen molar-refractivity contribution in [2.75, 3.05) is 0 Å². The third kappa shape index (κ3) is 1.89. The zero-order chi connectivity index (χ0) is 11.9. The molecule has 0 radical (unpaired) electrons. The highest BCUT2D eigenvalue weighted by Gasteiger charge is 2.10. The van der Waals surface area contributed by atoms with Crippen LogP contribution in [0, 0.1) is 13.8 Å². The summed E-state index contributed by atoms with van der Waals surface area (Å²) in [6.45, 7) is 5.85. The Kier molecular flexibility index (Phi) is 2.84. The molecular formula is C12H13BrN2O. The molecular weight excluding hydrogens is 268 g/mol. The number of hydrogen-bond acceptors (Lipinski definition) is 2. The van der Waals surface area contributed by atoms with Gasteiger partial charge in [0.25, 0.3) is 5.56 Å². The minimum Gasteiger partial charge on any atom is -0.269 e. The molecule has 2 aromatic heterocycles. The molecule has 0 bridgehead atoms. The van der Waals surface area contributed by atoms with E-state index in [9.17, 15) is 4.79 Å². The number of aryl methyl sites for hydroxylation is 2. The van der Waals surface area contributed by atoms with Crippen molar-refractivity contribution >= 4 is 21.6 Å². The predicted octanol–water partition coefficient (Wildman–Crippen LogP) is 2.77. The summed E-state index contributed by atoms with van der Waals surface area (Å²) in [5, 5.41) is 0. The number of pyridine rings is 1. The van der Waals surface area contributed by atoms with Gasteiger partial charge < -0.3 is 0 Å². The summed E-state index contributed by atoms with van der Waals surface area (Å²) in [4.78, 5) is 16.4. The van der Waals surface area contributed by atoms with Crippen molar-refractivity contribution in [2.45, 2.75) is 25.6 Å². The van der Waals surface area contributed by atoms with Gasteiger partial charge in [-0.15, -0.1) is 0 Å². The Bertz CT molecular complexity index is 602. The summed E-state index contributed by atoms with van der Waals surface area (Å²) in [5.41, 5.74) is 3.56. The quantitative estimate of drug-likeness (QED) is 0.753. The van der Waals surface area contributed by atoms with Gasteiger partial charge in [0.05, 0.1) is 0 Å². The van der Waals surface area contributed by atoms with E-state index in [0.29, 0.717) is 0 Å². The first-order valence-corrected chi connectivity index (χ1v) is 6.05. The molecule has 0 amide bonds. The van der Waals surface area contributed by atoms with E-state index in [-0.39, 0.29) is 10.4 Å². The summed E-state index contributed by atoms with van der Waals surface area (Å²) in [6, 6.07) is 3.61. The van der Waals surface area contributed by atoms with Crippen molar-refractivity contribution < 1.29 is 0 Å². The molecule has 4 heteroatoms. The molecule has 0 saturated heterocycles. The molecule has 3 nitrogen and oxygen atoms in total. The molecule has 0 fully saturated rings. The topological polar surface area (TPSA) is 34.4 Å². The Morgan fingerprint density at radius 2 is 2.06 bits per heavy atom. The fraction of sp³-hybridized carbons (Fsp3) is 0.333. The number of rotatable bonds is 1. The maximum Gasteiger partial charge on any atom is 0.258 e. The van der Waals surface area contributed by atoms with Gasteiger partial charge in [0.1, 0.15) is 5.65 Å². The van der Waals surface area contributed by atoms with Crippen LogP contribution in [0.3, 0.4) is 0 Å². The van der Waals surface area contributed by atoms with Crippen LogP contribution in [0.2, 0.25) is 0 Å². The Hall–Kier alpha value is -1.16. The van der Waals surface area contributed by atoms with E-state index in [4.69, 9.17) is 0 Å². The summed E-state index contributed by atoms with van der Waals surface area (Å²) in [6.07, 6.45) is 1.82. The van der Waals surface area contributed by atoms with Crippen LogP contribution in [0.25, 0.3) is 5.65 Å². The Labute approximate surface area is 102 Å². The maximum absolute atomic E-state index is 11.8. The van der Waals surface area contributed by atoms with Crippen LogP contribution < -0.4 is 5.56 Å². The summed E-state index contributed by atoms with van der Waals surface area (Å²) in [7, 11) is 0. The van der Waals surface area contributed by atoms with Crippen molar-refractivity contribution in [3.8, 4) is 0 Å². The van der Waals surface area contributed by atoms with Gasteiger partial charge in [-0.05, 0) is 32.4 Å². The van der Waals surface area contributed by atoms with Crippen molar-refractivity contribution in [1.82, 2.24) is 9.38 Å². The molecule has 2 rings (SSSR count). The van der Waals surface area contributed by atoms with Crippen LogP contribution in [0.4, 0.5) is 0 Å². The minimum atomic E-state index is -0.0272. The highest BCUT2D eigenvalue weighted by atomic mass is 79.9. The number of fused-ring (bicyclic) bond motifs is 1. The van der Waals surface area contributed by atoms with Gasteiger partial charge in [-0.3, -0.25) is 9.20 Å². The molecule has 84 valence electrons. The minimum absolute atomic E-state index is 0.0272. The van der Waals surface area contributed by atoms with Crippen LogP contribution in [0.1, 0.15) is 28.6 Å². The van der Waals surface area contributed by atoms with Gasteiger partial charge >= 0.3 is 0 Å². The summed E-state index contributed by atoms with van der Waals surface area (Å²) in [5.74, 6) is 0. The molecule has 0 saturated carbocycles. The van der Waals surface area contributed by atoms with E-state index in [1.165, 1.54) is 0 Å². The monoisotopic (exact) mass is 280 g/mol. The molecule has 0 aliphatic rings. The molecule has 2 aromatic rings. The number of halogens is 1. The lowest BCUT2D eigenvalue weighted by Crippen LogP contribution is -2.16. The van der Waals surface area contributed by atoms with E-state index < -0.39 is 0 Å². The van der Waals surface area contributed by atoms with E-state index >= 15 is 0 Å². The highest BCUT2D eigenvalue weighted by Crippen LogP contribution is 2.25. The molecule has 1 atom stereocenters. The maximum atomic E-state index is 11.8. The average Bonchev–Trinajstić information content (AvgIpc) is 2.18. The first-order chi connectivity index (χ1) is 7.49. The molecule has 2 heterocycles. The van der Waals surface area contributed by atoms with Crippen molar-refractivity contribution in [3.63, 3.8) is 0 Å². The third-order valence-electron chi connectivity index (χ3n) is 2.48. The first kappa shape index (κ1) is 11.3. The molecule has 0 aliphatic heterocycles. The summed E-state index contributed by atoms with van der Waals surface area (Å²) >= 11 is 3.53. The normalized spacial score (nSPS) is 13.0. The van der Waals surface area contributed by atoms with Crippen LogP contribution in [0.5, 0.6) is 0 Å². The standard InChI is InChI=1S/C12H13BrN2O/c1-7-4-10(9(3)13)12-14-8(2)5-11(16)15(12)6-7/h4-6,9H,1-3H3. The Morgan fingerprint density at radius 3 is 2.69 bits per heavy atom. The lowest BCUT2D eigenvalue weighted by atomic mass is 10.1. The van der Waals surface area contributed by atoms with Gasteiger partial charge in [-0.25, -0.2) is 4.98 Å². The highest BCUT2D eigenvalue weighted by molar-refractivity contribution is 9.09. The van der Waals surface area contributed by atoms with Gasteiger partial charge in [0.2, 0.25) is 0 Å². The van der Waals surface area contributed by atoms with Crippen LogP contribution in [-0.4, -0.2) is 9.38 Å². The largest absolute Gasteiger partial charge is 0.269 e. The zero-order valence-electron chi connectivity index (χ0n) is 9.49. The zero-order valence-corrected chi connectivity index (χ0v) is 11.1. The lowest BCUT2D eigenvalue weighted by molar-refractivity contribution is 0.970. The molecule has 0 spiro atoms. The third-order valence-corrected chi connectivity index (χ3v) is 2.98. The predicted molar refractivity (Wildman–Crippen MR) is 68.3 cm³/mol. The molecule has 1 unspecified atom stereocenters. The van der Waals surface area contributed by atoms with Gasteiger partial charge in [-0.1, -0.05) is 15.9 Å². The number of aromatic nitrogens is 2. The number of hydrogen-bond donors (Lipinski definition) is 0. The van der Waals surface area contributed by atoms with Crippen molar-refractivity contribution in [1.29, 1.82) is 0 Å². The van der Waals surface area contributed by atoms with E-state index in [2.05, 4.69) is 27.0 Å². The fourth-order valence-corrected chi connectivity index (χ4v) is 2.11. The molecule has 0 aromatic carbocycles. The first-order valence-electron chi connectivity index (χ1n) is 5.13. The van der Waals surface area contributed by atoms with Gasteiger partial charge in [-0.2, -0.15) is 0 Å². The smallest absolute Gasteiger partial charge is 0.258 e. The van der Waals surface area contributed by atoms with Crippen LogP contribution in [-0.2, 0) is 0 Å². The SMILES string of the molecule is Cc1cc(C(C)Br)c2nc(C)cc(=O)n2c1. The average molecular weight is 281 g/mol. The van der Waals surface area contributed by atoms with Gasteiger partial charge in [0, 0.05) is 28.3 Å². The fourth-order valence-electron chi connectivity index (χ4n) is 1.78. The molecule has 0 N–H and O–H groups in total. The van der Waals surface area contributed by atoms with Crippen LogP contribution >= 0.6 is 15.9 Å². The van der Waals surface area contributed by atoms with E-state index in [1.807, 2.05) is 27.0 Å². The second-order valence-electron chi connectivity index (χ2n) is 4.02. The van der Waals surface area contributed by atoms with E-state index in [1.54, 1.807) is 10.5 Å². The Morgan fingerprint density at radius 1 is 1.38 bits per heavy atom. The second kappa shape index (κ2) is 4.01. The molecule has 0 aliphatic carbocycles. The second-order valence-corrected chi connectivity index (χ2v) is 5.39. The van der Waals surface area contributed by atoms with Gasteiger partial charge in [0.15, 0.2) is 0 Å². The summed E-state index contributed by atoms with van der Waals surface area (Å²) < 4.78 is 1.61. The number of alkyl halides is 1. The van der Waals surface area contributed by atoms with Crippen LogP contribution in [0.15, 0.2) is 23.1 Å². The van der Waals surface area contributed by atoms with E-state index in [0.717, 1.165) is 22.5 Å². The Balaban J connectivity index is 2.95. The van der Waals surface area contributed by atoms with Crippen molar-refractivity contribution in [2.24, 2.45) is 0 Å². The lowest BCUT2D eigenvalue weighted by Gasteiger charge is -2.10. The number of nitrogens with zero attached hydrogens (tertiary/aromatic N) is 2. The molecule has 16 heavy (non-hydrogen) atoms. The van der Waals surface area contributed by atoms with Crippen molar-refractivity contribution in [3.05, 3.63) is 45.5 Å².